The summed E-state index contributed by atoms with van der Waals surface area (Å²) in [6.07, 6.45) is 3.66. The molecule has 2 fully saturated rings. The molecule has 8 aromatic rings. The molecule has 310 valence electrons. The molecular weight excluding hydrogens is 771 g/mol. The van der Waals surface area contributed by atoms with Gasteiger partial charge in [-0.15, -0.1) is 0 Å². The van der Waals surface area contributed by atoms with Crippen molar-refractivity contribution in [1.29, 1.82) is 0 Å². The predicted octanol–water partition coefficient (Wildman–Crippen LogP) is 9.91. The highest BCUT2D eigenvalue weighted by molar-refractivity contribution is 5.96. The Labute approximate surface area is 360 Å². The summed E-state index contributed by atoms with van der Waals surface area (Å²) in [5.41, 5.74) is 16.8. The number of aryl methyl sites for hydroxylation is 1. The Balaban J connectivity index is 0.000000158. The number of aromatic amines is 2. The van der Waals surface area contributed by atoms with Crippen molar-refractivity contribution in [3.63, 3.8) is 0 Å². The molecule has 62 heavy (non-hydrogen) atoms. The number of aromatic nitrogens is 4. The van der Waals surface area contributed by atoms with Crippen LogP contribution in [0.1, 0.15) is 85.8 Å². The molecule has 0 unspecified atom stereocenters. The lowest BCUT2D eigenvalue weighted by atomic mass is 9.94. The van der Waals surface area contributed by atoms with Gasteiger partial charge in [-0.1, -0.05) is 84.9 Å². The summed E-state index contributed by atoms with van der Waals surface area (Å²) >= 11 is 0. The lowest BCUT2D eigenvalue weighted by molar-refractivity contribution is 0.0704. The minimum atomic E-state index is -0.454. The van der Waals surface area contributed by atoms with E-state index in [9.17, 15) is 14.4 Å². The van der Waals surface area contributed by atoms with Crippen molar-refractivity contribution >= 4 is 39.8 Å². The van der Waals surface area contributed by atoms with Crippen molar-refractivity contribution in [3.05, 3.63) is 179 Å². The number of amides is 3. The van der Waals surface area contributed by atoms with Crippen LogP contribution in [0.25, 0.3) is 44.3 Å². The Morgan fingerprint density at radius 2 is 1.02 bits per heavy atom. The number of carbonyl (C=O) groups is 3. The van der Waals surface area contributed by atoms with Gasteiger partial charge in [0.1, 0.15) is 11.6 Å². The lowest BCUT2D eigenvalue weighted by Gasteiger charge is -2.31. The molecule has 0 radical (unpaired) electrons. The van der Waals surface area contributed by atoms with Gasteiger partial charge in [0.15, 0.2) is 0 Å². The third-order valence-corrected chi connectivity index (χ3v) is 12.3. The van der Waals surface area contributed by atoms with Crippen LogP contribution in [0.5, 0.6) is 0 Å². The second-order valence-corrected chi connectivity index (χ2v) is 16.3. The van der Waals surface area contributed by atoms with Crippen LogP contribution in [-0.2, 0) is 0 Å². The number of nitrogens with two attached hydrogens (primary N) is 1. The molecule has 0 bridgehead atoms. The zero-order chi connectivity index (χ0) is 42.6. The van der Waals surface area contributed by atoms with E-state index in [0.29, 0.717) is 36.1 Å². The number of hydrogen-bond donors (Lipinski definition) is 3. The Kier molecular flexibility index (Phi) is 11.5. The van der Waals surface area contributed by atoms with E-state index in [1.165, 1.54) is 11.1 Å². The van der Waals surface area contributed by atoms with Crippen LogP contribution >= 0.6 is 0 Å². The monoisotopic (exact) mass is 819 g/mol. The molecule has 2 aliphatic rings. The largest absolute Gasteiger partial charge is 0.366 e. The first-order valence-electron chi connectivity index (χ1n) is 21.4. The van der Waals surface area contributed by atoms with Crippen LogP contribution in [0.15, 0.2) is 146 Å². The quantitative estimate of drug-likeness (QED) is 0.147. The lowest BCUT2D eigenvalue weighted by Crippen LogP contribution is -2.38. The Morgan fingerprint density at radius 1 is 0.516 bits per heavy atom. The van der Waals surface area contributed by atoms with Crippen molar-refractivity contribution in [2.75, 3.05) is 26.2 Å². The molecule has 2 aliphatic heterocycles. The Morgan fingerprint density at radius 3 is 1.55 bits per heavy atom. The molecular formula is C52H49N7O3. The standard InChI is InChI=1S/C26H24N4O2.C26H25N3O/c27-24(31)21-5-3-4-20(16-21)17-8-10-19(11-9-17)26(32)30-14-12-18(13-15-30)25-28-22-6-1-2-7-23(22)29-25;1-18-17-21(11-12-22(18)19-7-3-2-4-8-19)26(30)29-15-13-20(14-16-29)25-27-23-9-5-6-10-24(23)28-25/h1-11,16,18H,12-15H2,(H2,27,31)(H,28,29);2-12,17,20H,13-16H2,1H3,(H,27,28). The Hall–Kier alpha value is -7.33. The molecule has 6 aromatic carbocycles. The molecule has 10 rings (SSSR count). The molecule has 0 aliphatic carbocycles. The number of para-hydroxylation sites is 4. The van der Waals surface area contributed by atoms with Gasteiger partial charge >= 0.3 is 0 Å². The van der Waals surface area contributed by atoms with E-state index in [-0.39, 0.29) is 11.8 Å². The molecule has 10 heteroatoms. The minimum Gasteiger partial charge on any atom is -0.366 e. The summed E-state index contributed by atoms with van der Waals surface area (Å²) in [5.74, 6) is 2.50. The number of likely N-dealkylation sites (tertiary alicyclic amines) is 2. The first-order valence-corrected chi connectivity index (χ1v) is 21.4. The normalized spacial score (nSPS) is 14.7. The maximum atomic E-state index is 13.1. The minimum absolute atomic E-state index is 0.0468. The van der Waals surface area contributed by atoms with E-state index in [1.807, 2.05) is 113 Å². The number of rotatable bonds is 7. The molecule has 3 amide bonds. The van der Waals surface area contributed by atoms with Crippen LogP contribution in [0.2, 0.25) is 0 Å². The second-order valence-electron chi connectivity index (χ2n) is 16.3. The van der Waals surface area contributed by atoms with Gasteiger partial charge in [-0.2, -0.15) is 0 Å². The van der Waals surface area contributed by atoms with E-state index in [4.69, 9.17) is 15.7 Å². The van der Waals surface area contributed by atoms with Crippen molar-refractivity contribution in [3.8, 4) is 22.3 Å². The highest BCUT2D eigenvalue weighted by Gasteiger charge is 2.28. The summed E-state index contributed by atoms with van der Waals surface area (Å²) in [5, 5.41) is 0. The van der Waals surface area contributed by atoms with E-state index < -0.39 is 5.91 Å². The number of imidazole rings is 2. The highest BCUT2D eigenvalue weighted by atomic mass is 16.2. The van der Waals surface area contributed by atoms with E-state index in [1.54, 1.807) is 18.2 Å². The number of piperidine rings is 2. The molecule has 0 saturated carbocycles. The van der Waals surface area contributed by atoms with Gasteiger partial charge in [0, 0.05) is 54.7 Å². The molecule has 4 heterocycles. The SMILES string of the molecule is Cc1cc(C(=O)N2CCC(c3nc4ccccc4[nH]3)CC2)ccc1-c1ccccc1.NC(=O)c1cccc(-c2ccc(C(=O)N3CCC(c4nc5ccccc5[nH]4)CC3)cc2)c1. The fraction of sp³-hybridized carbons (Fsp3) is 0.212. The first-order chi connectivity index (χ1) is 30.3. The summed E-state index contributed by atoms with van der Waals surface area (Å²) in [7, 11) is 0. The second kappa shape index (κ2) is 17.7. The summed E-state index contributed by atoms with van der Waals surface area (Å²) in [6, 6.07) is 47.3. The zero-order valence-electron chi connectivity index (χ0n) is 34.8. The maximum absolute atomic E-state index is 13.1. The van der Waals surface area contributed by atoms with E-state index in [2.05, 4.69) is 41.2 Å². The van der Waals surface area contributed by atoms with Crippen LogP contribution < -0.4 is 5.73 Å². The summed E-state index contributed by atoms with van der Waals surface area (Å²) < 4.78 is 0. The van der Waals surface area contributed by atoms with Crippen molar-refractivity contribution < 1.29 is 14.4 Å². The number of carbonyl (C=O) groups excluding carboxylic acids is 3. The molecule has 2 saturated heterocycles. The molecule has 2 aromatic heterocycles. The Bertz CT molecular complexity index is 2800. The summed E-state index contributed by atoms with van der Waals surface area (Å²) in [4.78, 5) is 57.8. The molecule has 0 atom stereocenters. The van der Waals surface area contributed by atoms with Crippen molar-refractivity contribution in [2.45, 2.75) is 44.4 Å². The number of fused-ring (bicyclic) bond motifs is 2. The summed E-state index contributed by atoms with van der Waals surface area (Å²) in [6.45, 7) is 5.03. The van der Waals surface area contributed by atoms with Gasteiger partial charge < -0.3 is 25.5 Å². The van der Waals surface area contributed by atoms with Crippen LogP contribution in [0, 0.1) is 6.92 Å². The molecule has 0 spiro atoms. The van der Waals surface area contributed by atoms with E-state index >= 15 is 0 Å². The van der Waals surface area contributed by atoms with Crippen molar-refractivity contribution in [2.24, 2.45) is 5.73 Å². The van der Waals surface area contributed by atoms with E-state index in [0.717, 1.165) is 94.7 Å². The van der Waals surface area contributed by atoms with Gasteiger partial charge in [-0.25, -0.2) is 9.97 Å². The first kappa shape index (κ1) is 40.1. The number of hydrogen-bond acceptors (Lipinski definition) is 5. The smallest absolute Gasteiger partial charge is 0.253 e. The highest BCUT2D eigenvalue weighted by Crippen LogP contribution is 2.31. The van der Waals surface area contributed by atoms with Crippen LogP contribution in [0.3, 0.4) is 0 Å². The fourth-order valence-electron chi connectivity index (χ4n) is 8.80. The van der Waals surface area contributed by atoms with Gasteiger partial charge in [-0.05, 0) is 121 Å². The van der Waals surface area contributed by atoms with Crippen molar-refractivity contribution in [1.82, 2.24) is 29.7 Å². The van der Waals surface area contributed by atoms with Crippen LogP contribution in [-0.4, -0.2) is 73.6 Å². The number of H-pyrrole nitrogens is 2. The predicted molar refractivity (Wildman–Crippen MR) is 245 cm³/mol. The molecule has 10 nitrogen and oxygen atoms in total. The topological polar surface area (TPSA) is 141 Å². The number of nitrogens with one attached hydrogen (secondary N) is 2. The third-order valence-electron chi connectivity index (χ3n) is 12.3. The number of primary amides is 1. The number of benzene rings is 6. The van der Waals surface area contributed by atoms with Crippen LogP contribution in [0.4, 0.5) is 0 Å². The van der Waals surface area contributed by atoms with Gasteiger partial charge in [0.2, 0.25) is 5.91 Å². The molecule has 4 N–H and O–H groups in total. The van der Waals surface area contributed by atoms with Gasteiger partial charge in [0.05, 0.1) is 22.1 Å². The average Bonchev–Trinajstić information content (AvgIpc) is 3.97. The maximum Gasteiger partial charge on any atom is 0.253 e. The zero-order valence-corrected chi connectivity index (χ0v) is 34.8. The average molecular weight is 820 g/mol. The number of nitrogens with zero attached hydrogens (tertiary/aromatic N) is 4. The fourth-order valence-corrected chi connectivity index (χ4v) is 8.80. The third kappa shape index (κ3) is 8.63. The van der Waals surface area contributed by atoms with Gasteiger partial charge in [0.25, 0.3) is 11.8 Å². The van der Waals surface area contributed by atoms with Gasteiger partial charge in [-0.3, -0.25) is 14.4 Å².